The Morgan fingerprint density at radius 3 is 1.98 bits per heavy atom. The summed E-state index contributed by atoms with van der Waals surface area (Å²) in [5.41, 5.74) is 5.81. The summed E-state index contributed by atoms with van der Waals surface area (Å²) in [5, 5.41) is 19.9. The molecule has 2 aromatic rings. The van der Waals surface area contributed by atoms with Crippen molar-refractivity contribution in [2.45, 2.75) is 133 Å². The van der Waals surface area contributed by atoms with Crippen molar-refractivity contribution in [1.29, 1.82) is 0 Å². The van der Waals surface area contributed by atoms with Crippen molar-refractivity contribution in [3.8, 4) is 11.5 Å². The fraction of sp³-hybridized carbons (Fsp3) is 0.658. The number of hydrogen-bond acceptors (Lipinski definition) is 4. The third kappa shape index (κ3) is 5.35. The van der Waals surface area contributed by atoms with E-state index >= 15 is 0 Å². The van der Waals surface area contributed by atoms with Crippen LogP contribution in [-0.2, 0) is 28.4 Å². The van der Waals surface area contributed by atoms with Crippen LogP contribution < -0.4 is 0 Å². The van der Waals surface area contributed by atoms with Gasteiger partial charge in [-0.05, 0) is 148 Å². The second kappa shape index (κ2) is 11.9. The molecule has 44 heavy (non-hydrogen) atoms. The number of fused-ring (bicyclic) bond motifs is 2. The summed E-state index contributed by atoms with van der Waals surface area (Å²) in [6, 6.07) is 12.2. The minimum atomic E-state index is -0.462. The molecule has 6 aliphatic rings. The third-order valence-corrected chi connectivity index (χ3v) is 12.4. The number of ether oxygens (including phenoxy) is 1. The van der Waals surface area contributed by atoms with Gasteiger partial charge in [0, 0.05) is 18.0 Å². The van der Waals surface area contributed by atoms with E-state index in [1.54, 1.807) is 6.07 Å². The lowest BCUT2D eigenvalue weighted by Gasteiger charge is -2.58. The molecule has 0 unspecified atom stereocenters. The molecule has 5 aliphatic carbocycles. The van der Waals surface area contributed by atoms with Gasteiger partial charge in [-0.3, -0.25) is 0 Å². The maximum Gasteiger partial charge on any atom is 0.410 e. The zero-order chi connectivity index (χ0) is 30.0. The SMILES string of the molecule is Br.CC(C)(C)OC(=O)N1CC[C@@]23CCCC[C@@H]2[C@@H]1Cc1ccc(O)cc13.Oc1ccc2c(c1)[C@]13CCCC[C@@H]1[C@@H](CCC3)C2. The largest absolute Gasteiger partial charge is 0.508 e. The van der Waals surface area contributed by atoms with Crippen LogP contribution >= 0.6 is 17.0 Å². The molecule has 1 aliphatic heterocycles. The van der Waals surface area contributed by atoms with Gasteiger partial charge in [0.05, 0.1) is 0 Å². The van der Waals surface area contributed by atoms with Gasteiger partial charge in [-0.15, -0.1) is 17.0 Å². The fourth-order valence-electron chi connectivity index (χ4n) is 10.9. The topological polar surface area (TPSA) is 70.0 Å². The summed E-state index contributed by atoms with van der Waals surface area (Å²) >= 11 is 0. The van der Waals surface area contributed by atoms with E-state index in [9.17, 15) is 15.0 Å². The van der Waals surface area contributed by atoms with Gasteiger partial charge >= 0.3 is 6.09 Å². The highest BCUT2D eigenvalue weighted by molar-refractivity contribution is 8.93. The van der Waals surface area contributed by atoms with Crippen molar-refractivity contribution in [2.24, 2.45) is 17.8 Å². The van der Waals surface area contributed by atoms with Gasteiger partial charge in [0.2, 0.25) is 0 Å². The van der Waals surface area contributed by atoms with Crippen LogP contribution in [0, 0.1) is 17.8 Å². The molecular formula is C38H52BrNO4. The lowest BCUT2D eigenvalue weighted by molar-refractivity contribution is -0.0349. The summed E-state index contributed by atoms with van der Waals surface area (Å²) < 4.78 is 5.70. The molecule has 2 N–H and O–H groups in total. The summed E-state index contributed by atoms with van der Waals surface area (Å²) in [4.78, 5) is 14.8. The number of nitrogens with zero attached hydrogens (tertiary/aromatic N) is 1. The summed E-state index contributed by atoms with van der Waals surface area (Å²) in [6.45, 7) is 6.54. The molecule has 3 saturated carbocycles. The van der Waals surface area contributed by atoms with E-state index in [0.717, 1.165) is 31.2 Å². The van der Waals surface area contributed by atoms with Gasteiger partial charge < -0.3 is 19.8 Å². The Bertz CT molecular complexity index is 1380. The number of phenols is 2. The zero-order valence-electron chi connectivity index (χ0n) is 26.9. The fourth-order valence-corrected chi connectivity index (χ4v) is 10.9. The molecule has 8 rings (SSSR count). The quantitative estimate of drug-likeness (QED) is 0.294. The first-order chi connectivity index (χ1) is 20.6. The van der Waals surface area contributed by atoms with E-state index in [0.29, 0.717) is 22.8 Å². The number of hydrogen-bond donors (Lipinski definition) is 2. The van der Waals surface area contributed by atoms with E-state index in [2.05, 4.69) is 18.2 Å². The molecule has 0 spiro atoms. The van der Waals surface area contributed by atoms with Gasteiger partial charge in [-0.2, -0.15) is 0 Å². The first kappa shape index (κ1) is 31.8. The lowest BCUT2D eigenvalue weighted by atomic mass is 9.49. The standard InChI is InChI=1S/C21H29NO3.C17H22O.BrH/c1-20(2,3)25-19(24)22-11-10-21-9-5-4-6-16(21)18(22)12-14-7-8-15(23)13-17(14)21;18-14-7-6-13-10-12-4-3-9-17(16(13)11-14)8-2-1-5-15(12)17;/h7-8,13,16,18,23H,4-6,9-12H2,1-3H3;6-7,11-12,15,18H,1-5,8-10H2;1H/t16-,18+,21+;12-,15+,17-;/m10./s1. The second-order valence-corrected chi connectivity index (χ2v) is 15.8. The third-order valence-electron chi connectivity index (χ3n) is 12.4. The number of likely N-dealkylation sites (tertiary alicyclic amines) is 1. The predicted molar refractivity (Wildman–Crippen MR) is 180 cm³/mol. The summed E-state index contributed by atoms with van der Waals surface area (Å²) in [6.07, 6.45) is 17.6. The number of piperidine rings is 1. The van der Waals surface area contributed by atoms with E-state index < -0.39 is 5.60 Å². The number of rotatable bonds is 0. The highest BCUT2D eigenvalue weighted by Crippen LogP contribution is 2.59. The molecule has 0 aromatic heterocycles. The summed E-state index contributed by atoms with van der Waals surface area (Å²) in [7, 11) is 0. The van der Waals surface area contributed by atoms with Crippen LogP contribution in [0.3, 0.4) is 0 Å². The van der Waals surface area contributed by atoms with Crippen molar-refractivity contribution in [1.82, 2.24) is 4.90 Å². The number of phenolic OH excluding ortho intramolecular Hbond substituents is 2. The first-order valence-electron chi connectivity index (χ1n) is 17.2. The van der Waals surface area contributed by atoms with Crippen LogP contribution in [0.2, 0.25) is 0 Å². The number of carbonyl (C=O) groups is 1. The van der Waals surface area contributed by atoms with Crippen LogP contribution in [0.15, 0.2) is 36.4 Å². The Morgan fingerprint density at radius 2 is 1.34 bits per heavy atom. The van der Waals surface area contributed by atoms with Crippen LogP contribution in [0.5, 0.6) is 11.5 Å². The molecule has 6 heteroatoms. The molecule has 1 amide bonds. The van der Waals surface area contributed by atoms with Crippen LogP contribution in [0.1, 0.15) is 120 Å². The average molecular weight is 667 g/mol. The second-order valence-electron chi connectivity index (χ2n) is 15.8. The van der Waals surface area contributed by atoms with Gasteiger partial charge in [0.1, 0.15) is 17.1 Å². The number of amides is 1. The Labute approximate surface area is 274 Å². The molecule has 6 atom stereocenters. The Morgan fingerprint density at radius 1 is 0.773 bits per heavy atom. The highest BCUT2D eigenvalue weighted by atomic mass is 79.9. The predicted octanol–water partition coefficient (Wildman–Crippen LogP) is 9.14. The molecule has 5 nitrogen and oxygen atoms in total. The van der Waals surface area contributed by atoms with Gasteiger partial charge in [0.25, 0.3) is 0 Å². The number of halogens is 1. The molecule has 2 aromatic carbocycles. The lowest BCUT2D eigenvalue weighted by Crippen LogP contribution is -2.62. The van der Waals surface area contributed by atoms with E-state index in [4.69, 9.17) is 4.74 Å². The molecule has 4 bridgehead atoms. The Balaban J connectivity index is 0.000000160. The molecule has 1 saturated heterocycles. The van der Waals surface area contributed by atoms with E-state index in [-0.39, 0.29) is 34.5 Å². The Hall–Kier alpha value is -2.21. The van der Waals surface area contributed by atoms with Crippen molar-refractivity contribution in [2.75, 3.05) is 6.54 Å². The maximum absolute atomic E-state index is 12.8. The minimum Gasteiger partial charge on any atom is -0.508 e. The van der Waals surface area contributed by atoms with Crippen molar-refractivity contribution in [3.05, 3.63) is 58.7 Å². The number of benzene rings is 2. The minimum absolute atomic E-state index is 0. The normalized spacial score (nSPS) is 33.1. The zero-order valence-corrected chi connectivity index (χ0v) is 28.7. The first-order valence-corrected chi connectivity index (χ1v) is 17.2. The summed E-state index contributed by atoms with van der Waals surface area (Å²) in [5.74, 6) is 3.16. The van der Waals surface area contributed by atoms with Crippen molar-refractivity contribution >= 4 is 23.1 Å². The van der Waals surface area contributed by atoms with Crippen LogP contribution in [0.25, 0.3) is 0 Å². The number of aromatic hydroxyl groups is 2. The molecule has 1 heterocycles. The molecule has 240 valence electrons. The monoisotopic (exact) mass is 665 g/mol. The van der Waals surface area contributed by atoms with Crippen molar-refractivity contribution < 1.29 is 19.7 Å². The van der Waals surface area contributed by atoms with E-state index in [1.165, 1.54) is 99.3 Å². The average Bonchev–Trinajstić information content (AvgIpc) is 2.97. The van der Waals surface area contributed by atoms with Gasteiger partial charge in [-0.1, -0.05) is 44.2 Å². The molecule has 0 radical (unpaired) electrons. The van der Waals surface area contributed by atoms with Crippen LogP contribution in [-0.4, -0.2) is 39.4 Å². The van der Waals surface area contributed by atoms with Crippen molar-refractivity contribution in [3.63, 3.8) is 0 Å². The molecular weight excluding hydrogens is 614 g/mol. The maximum atomic E-state index is 12.8. The van der Waals surface area contributed by atoms with Crippen LogP contribution in [0.4, 0.5) is 4.79 Å². The smallest absolute Gasteiger partial charge is 0.410 e. The van der Waals surface area contributed by atoms with Gasteiger partial charge in [0.15, 0.2) is 0 Å². The molecule has 4 fully saturated rings. The Kier molecular flexibility index (Phi) is 8.56. The number of carbonyl (C=O) groups excluding carboxylic acids is 1. The van der Waals surface area contributed by atoms with Gasteiger partial charge in [-0.25, -0.2) is 4.79 Å². The van der Waals surface area contributed by atoms with E-state index in [1.807, 2.05) is 37.8 Å². The highest BCUT2D eigenvalue weighted by Gasteiger charge is 2.55.